The highest BCUT2D eigenvalue weighted by Gasteiger charge is 2.33. The third kappa shape index (κ3) is 6.45. The van der Waals surface area contributed by atoms with Crippen molar-refractivity contribution < 1.29 is 24.3 Å². The quantitative estimate of drug-likeness (QED) is 0.346. The Balaban J connectivity index is 1.54. The predicted molar refractivity (Wildman–Crippen MR) is 127 cm³/mol. The van der Waals surface area contributed by atoms with Gasteiger partial charge in [0.15, 0.2) is 0 Å². The summed E-state index contributed by atoms with van der Waals surface area (Å²) < 4.78 is 0. The van der Waals surface area contributed by atoms with Crippen LogP contribution in [-0.2, 0) is 14.4 Å². The molecule has 3 amide bonds. The van der Waals surface area contributed by atoms with E-state index in [0.717, 1.165) is 4.90 Å². The maximum Gasteiger partial charge on any atom is 0.307 e. The first-order valence-electron chi connectivity index (χ1n) is 10.4. The number of rotatable bonds is 8. The van der Waals surface area contributed by atoms with Gasteiger partial charge in [0.25, 0.3) is 0 Å². The highest BCUT2D eigenvalue weighted by Crippen LogP contribution is 2.29. The summed E-state index contributed by atoms with van der Waals surface area (Å²) in [6, 6.07) is 13.4. The molecule has 3 atom stereocenters. The molecule has 5 N–H and O–H groups in total. The molecular formula is C24H25N3O5S. The van der Waals surface area contributed by atoms with E-state index in [4.69, 9.17) is 5.73 Å². The number of anilines is 2. The van der Waals surface area contributed by atoms with Crippen LogP contribution in [0.1, 0.15) is 30.1 Å². The van der Waals surface area contributed by atoms with Crippen molar-refractivity contribution in [3.8, 4) is 0 Å². The Hall–Kier alpha value is -3.59. The normalized spacial score (nSPS) is 18.2. The summed E-state index contributed by atoms with van der Waals surface area (Å²) in [5, 5.41) is 14.5. The van der Waals surface area contributed by atoms with E-state index < -0.39 is 29.0 Å². The van der Waals surface area contributed by atoms with Gasteiger partial charge in [-0.3, -0.25) is 19.2 Å². The second kappa shape index (κ2) is 10.8. The van der Waals surface area contributed by atoms with Gasteiger partial charge >= 0.3 is 5.97 Å². The lowest BCUT2D eigenvalue weighted by atomic mass is 9.82. The van der Waals surface area contributed by atoms with Gasteiger partial charge in [-0.2, -0.15) is 0 Å². The number of nitrogens with two attached hydrogens (primary N) is 1. The molecule has 9 heteroatoms. The number of benzene rings is 2. The summed E-state index contributed by atoms with van der Waals surface area (Å²) in [6.07, 6.45) is 4.37. The number of nitrogens with one attached hydrogen (secondary N) is 2. The molecule has 0 heterocycles. The Bertz CT molecular complexity index is 1070. The van der Waals surface area contributed by atoms with Crippen molar-refractivity contribution in [2.75, 3.05) is 10.6 Å². The van der Waals surface area contributed by atoms with Crippen molar-refractivity contribution in [3.05, 3.63) is 66.2 Å². The first-order valence-corrected chi connectivity index (χ1v) is 11.3. The number of carbonyl (C=O) groups is 4. The zero-order valence-electron chi connectivity index (χ0n) is 18.0. The molecule has 33 heavy (non-hydrogen) atoms. The molecule has 172 valence electrons. The summed E-state index contributed by atoms with van der Waals surface area (Å²) in [7, 11) is 0. The van der Waals surface area contributed by atoms with Gasteiger partial charge in [0.1, 0.15) is 0 Å². The maximum atomic E-state index is 12.6. The van der Waals surface area contributed by atoms with E-state index in [9.17, 15) is 24.3 Å². The number of primary amides is 1. The lowest BCUT2D eigenvalue weighted by Crippen LogP contribution is -2.34. The minimum atomic E-state index is -0.970. The molecule has 2 aromatic rings. The second-order valence-corrected chi connectivity index (χ2v) is 9.11. The molecule has 0 spiro atoms. The number of carbonyl (C=O) groups excluding carboxylic acids is 3. The lowest BCUT2D eigenvalue weighted by molar-refractivity contribution is -0.146. The molecule has 0 saturated heterocycles. The third-order valence-corrected chi connectivity index (χ3v) is 6.44. The zero-order chi connectivity index (χ0) is 24.0. The summed E-state index contributed by atoms with van der Waals surface area (Å²) >= 11 is 1.35. The third-order valence-electron chi connectivity index (χ3n) is 5.33. The van der Waals surface area contributed by atoms with Crippen molar-refractivity contribution in [2.45, 2.75) is 29.9 Å². The van der Waals surface area contributed by atoms with Gasteiger partial charge in [-0.05, 0) is 68.3 Å². The van der Waals surface area contributed by atoms with Crippen LogP contribution < -0.4 is 16.4 Å². The van der Waals surface area contributed by atoms with Crippen molar-refractivity contribution in [2.24, 2.45) is 17.6 Å². The monoisotopic (exact) mass is 467 g/mol. The maximum absolute atomic E-state index is 12.6. The van der Waals surface area contributed by atoms with Gasteiger partial charge in [-0.25, -0.2) is 0 Å². The van der Waals surface area contributed by atoms with E-state index in [1.54, 1.807) is 61.5 Å². The molecule has 0 aromatic heterocycles. The van der Waals surface area contributed by atoms with Crippen molar-refractivity contribution in [1.29, 1.82) is 0 Å². The van der Waals surface area contributed by atoms with Gasteiger partial charge in [0, 0.05) is 21.8 Å². The Morgan fingerprint density at radius 3 is 2.03 bits per heavy atom. The van der Waals surface area contributed by atoms with E-state index in [1.165, 1.54) is 11.8 Å². The van der Waals surface area contributed by atoms with Crippen LogP contribution in [0.15, 0.2) is 65.6 Å². The number of thioether (sulfide) groups is 1. The Morgan fingerprint density at radius 2 is 1.45 bits per heavy atom. The molecule has 8 nitrogen and oxygen atoms in total. The Labute approximate surface area is 195 Å². The molecular weight excluding hydrogens is 442 g/mol. The molecule has 1 aliphatic carbocycles. The van der Waals surface area contributed by atoms with Crippen LogP contribution in [0, 0.1) is 11.8 Å². The van der Waals surface area contributed by atoms with E-state index in [0.29, 0.717) is 29.8 Å². The van der Waals surface area contributed by atoms with Crippen LogP contribution in [-0.4, -0.2) is 34.0 Å². The van der Waals surface area contributed by atoms with Crippen LogP contribution in [0.5, 0.6) is 0 Å². The molecule has 0 saturated carbocycles. The molecule has 0 fully saturated rings. The predicted octanol–water partition coefficient (Wildman–Crippen LogP) is 3.51. The molecule has 1 aliphatic rings. The van der Waals surface area contributed by atoms with Crippen molar-refractivity contribution >= 4 is 46.8 Å². The zero-order valence-corrected chi connectivity index (χ0v) is 18.8. The summed E-state index contributed by atoms with van der Waals surface area (Å²) in [6.45, 7) is 1.77. The average Bonchev–Trinajstić information content (AvgIpc) is 2.80. The van der Waals surface area contributed by atoms with Crippen LogP contribution in [0.3, 0.4) is 0 Å². The number of carboxylic acids is 1. The minimum Gasteiger partial charge on any atom is -0.481 e. The molecule has 3 unspecified atom stereocenters. The van der Waals surface area contributed by atoms with Gasteiger partial charge in [0.2, 0.25) is 17.7 Å². The smallest absolute Gasteiger partial charge is 0.307 e. The van der Waals surface area contributed by atoms with Crippen molar-refractivity contribution in [1.82, 2.24) is 0 Å². The molecule has 2 aromatic carbocycles. The van der Waals surface area contributed by atoms with Crippen LogP contribution >= 0.6 is 11.8 Å². The lowest BCUT2D eigenvalue weighted by Gasteiger charge is -2.24. The van der Waals surface area contributed by atoms with E-state index in [2.05, 4.69) is 10.6 Å². The fourth-order valence-electron chi connectivity index (χ4n) is 3.45. The second-order valence-electron chi connectivity index (χ2n) is 7.70. The van der Waals surface area contributed by atoms with E-state index >= 15 is 0 Å². The summed E-state index contributed by atoms with van der Waals surface area (Å²) in [5.41, 5.74) is 6.70. The molecule has 0 aliphatic heterocycles. The number of allylic oxidation sites excluding steroid dienone is 2. The fourth-order valence-corrected chi connectivity index (χ4v) is 4.32. The summed E-state index contributed by atoms with van der Waals surface area (Å²) in [5.74, 6) is -3.36. The first kappa shape index (κ1) is 24.1. The van der Waals surface area contributed by atoms with E-state index in [-0.39, 0.29) is 11.8 Å². The van der Waals surface area contributed by atoms with Crippen LogP contribution in [0.2, 0.25) is 0 Å². The van der Waals surface area contributed by atoms with Crippen LogP contribution in [0.25, 0.3) is 0 Å². The Kier molecular flexibility index (Phi) is 7.89. The topological polar surface area (TPSA) is 139 Å². The summed E-state index contributed by atoms with van der Waals surface area (Å²) in [4.78, 5) is 48.4. The largest absolute Gasteiger partial charge is 0.481 e. The minimum absolute atomic E-state index is 0.200. The van der Waals surface area contributed by atoms with Crippen LogP contribution in [0.4, 0.5) is 11.4 Å². The molecule has 0 bridgehead atoms. The van der Waals surface area contributed by atoms with E-state index in [1.807, 2.05) is 6.08 Å². The average molecular weight is 468 g/mol. The number of hydrogen-bond acceptors (Lipinski definition) is 5. The van der Waals surface area contributed by atoms with Gasteiger partial charge in [0.05, 0.1) is 17.1 Å². The SMILES string of the molecule is CC(Sc1ccc(NC(=O)C2CC=CCC2C(=O)O)cc1)C(=O)Nc1ccc(C(N)=O)cc1. The Morgan fingerprint density at radius 1 is 0.909 bits per heavy atom. The molecule has 3 rings (SSSR count). The first-order chi connectivity index (χ1) is 15.7. The fraction of sp³-hybridized carbons (Fsp3) is 0.250. The van der Waals surface area contributed by atoms with Crippen molar-refractivity contribution in [3.63, 3.8) is 0 Å². The van der Waals surface area contributed by atoms with Gasteiger partial charge in [-0.15, -0.1) is 11.8 Å². The molecule has 0 radical (unpaired) electrons. The highest BCUT2D eigenvalue weighted by molar-refractivity contribution is 8.00. The number of carboxylic acid groups (broad SMARTS) is 1. The number of hydrogen-bond donors (Lipinski definition) is 4. The number of aliphatic carboxylic acids is 1. The number of amides is 3. The highest BCUT2D eigenvalue weighted by atomic mass is 32.2. The standard InChI is InChI=1S/C24H25N3O5S/c1-14(22(29)26-16-8-6-15(7-9-16)21(25)28)33-18-12-10-17(11-13-18)27-23(30)19-4-2-3-5-20(19)24(31)32/h2-3,6-14,19-20H,4-5H2,1H3,(H2,25,28)(H,26,29)(H,27,30)(H,31,32). The van der Waals surface area contributed by atoms with Gasteiger partial charge < -0.3 is 21.5 Å². The van der Waals surface area contributed by atoms with Gasteiger partial charge in [-0.1, -0.05) is 12.2 Å².